The fourth-order valence-electron chi connectivity index (χ4n) is 4.16. The average molecular weight is 418 g/mol. The number of aliphatic hydroxyl groups is 1. The van der Waals surface area contributed by atoms with Crippen molar-refractivity contribution in [2.45, 2.75) is 19.4 Å². The third kappa shape index (κ3) is 4.57. The molecule has 1 aliphatic carbocycles. The number of benzene rings is 3. The Hall–Kier alpha value is -3.31. The molecule has 5 heteroatoms. The Kier molecular flexibility index (Phi) is 6.53. The molecule has 4 rings (SSSR count). The molecular weight excluding hydrogens is 390 g/mol. The number of hydrogen-bond donors (Lipinski definition) is 1. The predicted molar refractivity (Wildman–Crippen MR) is 120 cm³/mol. The van der Waals surface area contributed by atoms with Gasteiger partial charge >= 0.3 is 6.09 Å². The van der Waals surface area contributed by atoms with Crippen LogP contribution >= 0.6 is 0 Å². The second-order valence-corrected chi connectivity index (χ2v) is 7.53. The number of aliphatic hydroxyl groups excluding tert-OH is 1. The van der Waals surface area contributed by atoms with Crippen molar-refractivity contribution in [1.29, 1.82) is 0 Å². The Morgan fingerprint density at radius 2 is 1.65 bits per heavy atom. The monoisotopic (exact) mass is 417 g/mol. The van der Waals surface area contributed by atoms with Crippen LogP contribution in [0.2, 0.25) is 0 Å². The molecule has 1 N–H and O–H groups in total. The van der Waals surface area contributed by atoms with E-state index in [1.807, 2.05) is 55.5 Å². The number of carbonyl (C=O) groups excluding carboxylic acids is 1. The van der Waals surface area contributed by atoms with E-state index in [-0.39, 0.29) is 25.7 Å². The Bertz CT molecular complexity index is 1000. The van der Waals surface area contributed by atoms with Gasteiger partial charge in [0.25, 0.3) is 0 Å². The van der Waals surface area contributed by atoms with Crippen LogP contribution in [0.4, 0.5) is 4.79 Å². The second-order valence-electron chi connectivity index (χ2n) is 7.53. The largest absolute Gasteiger partial charge is 0.494 e. The number of ether oxygens (including phenoxy) is 2. The summed E-state index contributed by atoms with van der Waals surface area (Å²) >= 11 is 0. The maximum absolute atomic E-state index is 12.9. The first kappa shape index (κ1) is 20.9. The Balaban J connectivity index is 1.47. The van der Waals surface area contributed by atoms with Gasteiger partial charge in [-0.15, -0.1) is 0 Å². The van der Waals surface area contributed by atoms with E-state index in [2.05, 4.69) is 24.3 Å². The molecule has 0 bridgehead atoms. The molecule has 0 atom stereocenters. The molecule has 160 valence electrons. The molecule has 3 aromatic carbocycles. The lowest BCUT2D eigenvalue weighted by atomic mass is 9.98. The van der Waals surface area contributed by atoms with Gasteiger partial charge in [-0.3, -0.25) is 0 Å². The summed E-state index contributed by atoms with van der Waals surface area (Å²) in [4.78, 5) is 14.4. The van der Waals surface area contributed by atoms with Crippen LogP contribution in [-0.2, 0) is 11.3 Å². The molecule has 0 radical (unpaired) electrons. The minimum Gasteiger partial charge on any atom is -0.494 e. The summed E-state index contributed by atoms with van der Waals surface area (Å²) in [5.41, 5.74) is 5.66. The second kappa shape index (κ2) is 9.67. The first-order valence-electron chi connectivity index (χ1n) is 10.6. The van der Waals surface area contributed by atoms with Gasteiger partial charge in [-0.25, -0.2) is 4.79 Å². The maximum atomic E-state index is 12.9. The molecule has 0 aromatic heterocycles. The highest BCUT2D eigenvalue weighted by Gasteiger charge is 2.29. The van der Waals surface area contributed by atoms with E-state index in [9.17, 15) is 9.90 Å². The normalized spacial score (nSPS) is 12.2. The molecule has 3 aromatic rings. The van der Waals surface area contributed by atoms with Crippen LogP contribution in [-0.4, -0.2) is 42.5 Å². The minimum atomic E-state index is -0.433. The lowest BCUT2D eigenvalue weighted by Crippen LogP contribution is -2.34. The van der Waals surface area contributed by atoms with Crippen LogP contribution in [0.5, 0.6) is 5.75 Å². The van der Waals surface area contributed by atoms with E-state index >= 15 is 0 Å². The Labute approximate surface area is 182 Å². The Morgan fingerprint density at radius 1 is 0.968 bits per heavy atom. The summed E-state index contributed by atoms with van der Waals surface area (Å²) < 4.78 is 11.3. The van der Waals surface area contributed by atoms with Crippen molar-refractivity contribution >= 4 is 6.09 Å². The summed E-state index contributed by atoms with van der Waals surface area (Å²) in [6, 6.07) is 24.1. The van der Waals surface area contributed by atoms with Crippen LogP contribution in [0.15, 0.2) is 72.8 Å². The zero-order valence-electron chi connectivity index (χ0n) is 17.7. The molecular formula is C26H27NO4. The van der Waals surface area contributed by atoms with Gasteiger partial charge < -0.3 is 19.5 Å². The van der Waals surface area contributed by atoms with Gasteiger partial charge in [0.15, 0.2) is 0 Å². The lowest BCUT2D eigenvalue weighted by Gasteiger charge is -2.23. The van der Waals surface area contributed by atoms with Crippen molar-refractivity contribution in [3.05, 3.63) is 89.5 Å². The number of rotatable bonds is 8. The van der Waals surface area contributed by atoms with Crippen molar-refractivity contribution in [3.8, 4) is 16.9 Å². The van der Waals surface area contributed by atoms with E-state index in [0.29, 0.717) is 13.2 Å². The van der Waals surface area contributed by atoms with E-state index < -0.39 is 6.09 Å². The van der Waals surface area contributed by atoms with Crippen LogP contribution in [0.3, 0.4) is 0 Å². The van der Waals surface area contributed by atoms with Crippen LogP contribution in [0, 0.1) is 0 Å². The molecule has 0 heterocycles. The Morgan fingerprint density at radius 3 is 2.29 bits per heavy atom. The van der Waals surface area contributed by atoms with Crippen molar-refractivity contribution < 1.29 is 19.4 Å². The van der Waals surface area contributed by atoms with E-state index in [4.69, 9.17) is 9.47 Å². The van der Waals surface area contributed by atoms with Gasteiger partial charge in [-0.1, -0.05) is 60.7 Å². The molecule has 1 aliphatic rings. The van der Waals surface area contributed by atoms with Crippen LogP contribution in [0.25, 0.3) is 11.1 Å². The van der Waals surface area contributed by atoms with Crippen molar-refractivity contribution in [2.24, 2.45) is 0 Å². The fourth-order valence-corrected chi connectivity index (χ4v) is 4.16. The number of hydrogen-bond acceptors (Lipinski definition) is 4. The van der Waals surface area contributed by atoms with Crippen molar-refractivity contribution in [1.82, 2.24) is 4.90 Å². The summed E-state index contributed by atoms with van der Waals surface area (Å²) in [5.74, 6) is 0.769. The van der Waals surface area contributed by atoms with Crippen LogP contribution in [0.1, 0.15) is 29.5 Å². The van der Waals surface area contributed by atoms with E-state index in [1.54, 1.807) is 0 Å². The zero-order chi connectivity index (χ0) is 21.6. The highest BCUT2D eigenvalue weighted by molar-refractivity contribution is 5.79. The molecule has 0 fully saturated rings. The number of amides is 1. The van der Waals surface area contributed by atoms with Gasteiger partial charge in [0, 0.05) is 19.0 Å². The van der Waals surface area contributed by atoms with Gasteiger partial charge in [0.2, 0.25) is 0 Å². The number of nitrogens with zero attached hydrogens (tertiary/aromatic N) is 1. The lowest BCUT2D eigenvalue weighted by molar-refractivity contribution is 0.0891. The van der Waals surface area contributed by atoms with Crippen LogP contribution < -0.4 is 4.74 Å². The zero-order valence-corrected chi connectivity index (χ0v) is 17.7. The molecule has 0 unspecified atom stereocenters. The highest BCUT2D eigenvalue weighted by atomic mass is 16.6. The molecule has 1 amide bonds. The predicted octanol–water partition coefficient (Wildman–Crippen LogP) is 4.83. The molecule has 31 heavy (non-hydrogen) atoms. The third-order valence-electron chi connectivity index (χ3n) is 5.55. The van der Waals surface area contributed by atoms with Gasteiger partial charge in [0.1, 0.15) is 12.4 Å². The van der Waals surface area contributed by atoms with E-state index in [0.717, 1.165) is 11.3 Å². The quantitative estimate of drug-likeness (QED) is 0.570. The SMILES string of the molecule is CCOc1cccc(CN(CCO)C(=O)OCC2c3ccccc3-c3ccccc32)c1. The topological polar surface area (TPSA) is 59.0 Å². The molecule has 5 nitrogen and oxygen atoms in total. The average Bonchev–Trinajstić information content (AvgIpc) is 3.11. The van der Waals surface area contributed by atoms with Crippen molar-refractivity contribution in [2.75, 3.05) is 26.4 Å². The van der Waals surface area contributed by atoms with Gasteiger partial charge in [0.05, 0.1) is 13.2 Å². The molecule has 0 saturated heterocycles. The summed E-state index contributed by atoms with van der Waals surface area (Å²) in [6.07, 6.45) is -0.433. The summed E-state index contributed by atoms with van der Waals surface area (Å²) in [6.45, 7) is 3.19. The van der Waals surface area contributed by atoms with Gasteiger partial charge in [-0.2, -0.15) is 0 Å². The maximum Gasteiger partial charge on any atom is 0.410 e. The summed E-state index contributed by atoms with van der Waals surface area (Å²) in [5, 5.41) is 9.47. The molecule has 0 aliphatic heterocycles. The summed E-state index contributed by atoms with van der Waals surface area (Å²) in [7, 11) is 0. The number of carbonyl (C=O) groups is 1. The molecule has 0 spiro atoms. The third-order valence-corrected chi connectivity index (χ3v) is 5.55. The van der Waals surface area contributed by atoms with Gasteiger partial charge in [-0.05, 0) is 46.9 Å². The smallest absolute Gasteiger partial charge is 0.410 e. The van der Waals surface area contributed by atoms with Crippen molar-refractivity contribution in [3.63, 3.8) is 0 Å². The highest BCUT2D eigenvalue weighted by Crippen LogP contribution is 2.44. The fraction of sp³-hybridized carbons (Fsp3) is 0.269. The first-order valence-corrected chi connectivity index (χ1v) is 10.6. The standard InChI is InChI=1S/C26H27NO4/c1-2-30-20-9-7-8-19(16-20)17-27(14-15-28)26(29)31-18-25-23-12-5-3-10-21(23)22-11-4-6-13-24(22)25/h3-13,16,25,28H,2,14-15,17-18H2,1H3. The first-order chi connectivity index (χ1) is 15.2. The van der Waals surface area contributed by atoms with E-state index in [1.165, 1.54) is 27.2 Å². The number of fused-ring (bicyclic) bond motifs is 3. The minimum absolute atomic E-state index is 0.00797. The molecule has 0 saturated carbocycles.